The summed E-state index contributed by atoms with van der Waals surface area (Å²) in [7, 11) is 4.14. The number of carbonyl (C=O) groups is 1. The van der Waals surface area contributed by atoms with Crippen LogP contribution in [0.4, 0.5) is 4.79 Å². The van der Waals surface area contributed by atoms with Crippen LogP contribution in [0.1, 0.15) is 50.1 Å². The minimum Gasteiger partial charge on any atom is -0.336 e. The third kappa shape index (κ3) is 6.21. The molecule has 2 saturated heterocycles. The molecule has 1 unspecified atom stereocenters. The minimum atomic E-state index is 0.0935. The van der Waals surface area contributed by atoms with E-state index in [0.29, 0.717) is 6.54 Å². The molecule has 28 heavy (non-hydrogen) atoms. The Morgan fingerprint density at radius 2 is 1.68 bits per heavy atom. The molecule has 1 aromatic carbocycles. The number of piperidine rings is 1. The molecule has 2 heterocycles. The molecule has 0 aromatic heterocycles. The summed E-state index contributed by atoms with van der Waals surface area (Å²) in [5.74, 6) is 0.751. The van der Waals surface area contributed by atoms with Crippen LogP contribution in [0, 0.1) is 5.92 Å². The molecule has 3 rings (SSSR count). The predicted molar refractivity (Wildman–Crippen MR) is 115 cm³/mol. The maximum absolute atomic E-state index is 12.7. The van der Waals surface area contributed by atoms with Gasteiger partial charge in [0.15, 0.2) is 0 Å². The van der Waals surface area contributed by atoms with Gasteiger partial charge in [-0.25, -0.2) is 4.79 Å². The van der Waals surface area contributed by atoms with E-state index in [1.165, 1.54) is 50.9 Å². The van der Waals surface area contributed by atoms with Crippen LogP contribution < -0.4 is 5.32 Å². The largest absolute Gasteiger partial charge is 0.336 e. The van der Waals surface area contributed by atoms with E-state index in [1.54, 1.807) is 0 Å². The fourth-order valence-corrected chi connectivity index (χ4v) is 4.57. The zero-order valence-electron chi connectivity index (χ0n) is 17.8. The predicted octanol–water partition coefficient (Wildman–Crippen LogP) is 3.59. The van der Waals surface area contributed by atoms with E-state index in [-0.39, 0.29) is 12.1 Å². The monoisotopic (exact) mass is 386 g/mol. The fourth-order valence-electron chi connectivity index (χ4n) is 4.57. The Hall–Kier alpha value is -1.59. The van der Waals surface area contributed by atoms with Crippen molar-refractivity contribution in [2.75, 3.05) is 53.4 Å². The number of hydrogen-bond acceptors (Lipinski definition) is 3. The normalized spacial score (nSPS) is 20.8. The molecular weight excluding hydrogens is 348 g/mol. The summed E-state index contributed by atoms with van der Waals surface area (Å²) >= 11 is 0. The van der Waals surface area contributed by atoms with Gasteiger partial charge in [0.1, 0.15) is 0 Å². The van der Waals surface area contributed by atoms with Crippen molar-refractivity contribution in [3.8, 4) is 0 Å². The van der Waals surface area contributed by atoms with E-state index in [9.17, 15) is 4.79 Å². The Morgan fingerprint density at radius 3 is 2.29 bits per heavy atom. The van der Waals surface area contributed by atoms with Crippen LogP contribution in [-0.2, 0) is 0 Å². The number of urea groups is 1. The van der Waals surface area contributed by atoms with Gasteiger partial charge in [-0.3, -0.25) is 0 Å². The third-order valence-electron chi connectivity index (χ3n) is 6.37. The molecule has 2 amide bonds. The van der Waals surface area contributed by atoms with Crippen molar-refractivity contribution in [1.82, 2.24) is 20.0 Å². The molecular formula is C23H38N4O. The SMILES string of the molecule is CN(C)C(CNC(=O)N1CCC(CN2CCCCCC2)CC1)c1ccccc1. The lowest BCUT2D eigenvalue weighted by Gasteiger charge is -2.35. The third-order valence-corrected chi connectivity index (χ3v) is 6.37. The standard InChI is InChI=1S/C23H38N4O/c1-25(2)22(21-10-6-5-7-11-21)18-24-23(28)27-16-12-20(13-17-27)19-26-14-8-3-4-9-15-26/h5-7,10-11,20,22H,3-4,8-9,12-19H2,1-2H3,(H,24,28). The zero-order valence-corrected chi connectivity index (χ0v) is 17.8. The Kier molecular flexibility index (Phi) is 8.16. The average molecular weight is 387 g/mol. The highest BCUT2D eigenvalue weighted by molar-refractivity contribution is 5.74. The molecule has 0 saturated carbocycles. The number of hydrogen-bond donors (Lipinski definition) is 1. The van der Waals surface area contributed by atoms with Gasteiger partial charge in [-0.1, -0.05) is 43.2 Å². The molecule has 1 atom stereocenters. The van der Waals surface area contributed by atoms with E-state index in [0.717, 1.165) is 31.8 Å². The lowest BCUT2D eigenvalue weighted by molar-refractivity contribution is 0.146. The Balaban J connectivity index is 1.42. The lowest BCUT2D eigenvalue weighted by Crippen LogP contribution is -2.47. The maximum atomic E-state index is 12.7. The Labute approximate surface area is 171 Å². The van der Waals surface area contributed by atoms with Crippen LogP contribution in [-0.4, -0.2) is 74.1 Å². The van der Waals surface area contributed by atoms with Gasteiger partial charge in [-0.15, -0.1) is 0 Å². The summed E-state index contributed by atoms with van der Waals surface area (Å²) in [4.78, 5) is 19.5. The van der Waals surface area contributed by atoms with E-state index < -0.39 is 0 Å². The van der Waals surface area contributed by atoms with Gasteiger partial charge in [0, 0.05) is 26.2 Å². The van der Waals surface area contributed by atoms with Crippen molar-refractivity contribution in [3.05, 3.63) is 35.9 Å². The first-order valence-corrected chi connectivity index (χ1v) is 11.1. The van der Waals surface area contributed by atoms with Gasteiger partial charge < -0.3 is 20.0 Å². The molecule has 1 N–H and O–H groups in total. The van der Waals surface area contributed by atoms with E-state index in [2.05, 4.69) is 53.5 Å². The van der Waals surface area contributed by atoms with Crippen molar-refractivity contribution >= 4 is 6.03 Å². The molecule has 2 aliphatic rings. The van der Waals surface area contributed by atoms with Crippen LogP contribution in [0.25, 0.3) is 0 Å². The highest BCUT2D eigenvalue weighted by Crippen LogP contribution is 2.21. The topological polar surface area (TPSA) is 38.8 Å². The molecule has 0 radical (unpaired) electrons. The zero-order chi connectivity index (χ0) is 19.8. The molecule has 0 spiro atoms. The van der Waals surface area contributed by atoms with Gasteiger partial charge in [0.25, 0.3) is 0 Å². The first-order chi connectivity index (χ1) is 13.6. The number of rotatable bonds is 6. The van der Waals surface area contributed by atoms with E-state index in [1.807, 2.05) is 11.0 Å². The summed E-state index contributed by atoms with van der Waals surface area (Å²) < 4.78 is 0. The van der Waals surface area contributed by atoms with Crippen LogP contribution in [0.5, 0.6) is 0 Å². The smallest absolute Gasteiger partial charge is 0.317 e. The summed E-state index contributed by atoms with van der Waals surface area (Å²) in [5, 5.41) is 3.17. The summed E-state index contributed by atoms with van der Waals surface area (Å²) in [6.07, 6.45) is 7.78. The summed E-state index contributed by atoms with van der Waals surface area (Å²) in [6.45, 7) is 6.19. The van der Waals surface area contributed by atoms with Gasteiger partial charge in [-0.2, -0.15) is 0 Å². The van der Waals surface area contributed by atoms with Crippen LogP contribution in [0.3, 0.4) is 0 Å². The highest BCUT2D eigenvalue weighted by Gasteiger charge is 2.25. The van der Waals surface area contributed by atoms with Gasteiger partial charge in [-0.05, 0) is 64.3 Å². The second-order valence-electron chi connectivity index (χ2n) is 8.72. The van der Waals surface area contributed by atoms with Gasteiger partial charge in [0.2, 0.25) is 0 Å². The first kappa shape index (κ1) is 21.1. The number of amides is 2. The molecule has 156 valence electrons. The first-order valence-electron chi connectivity index (χ1n) is 11.1. The van der Waals surface area contributed by atoms with Crippen molar-refractivity contribution in [3.63, 3.8) is 0 Å². The van der Waals surface area contributed by atoms with Gasteiger partial charge in [0.05, 0.1) is 6.04 Å². The Bertz CT molecular complexity index is 576. The van der Waals surface area contributed by atoms with E-state index in [4.69, 9.17) is 0 Å². The van der Waals surface area contributed by atoms with Crippen molar-refractivity contribution in [2.45, 2.75) is 44.6 Å². The number of nitrogens with one attached hydrogen (secondary N) is 1. The van der Waals surface area contributed by atoms with Crippen molar-refractivity contribution in [2.24, 2.45) is 5.92 Å². The second-order valence-corrected chi connectivity index (χ2v) is 8.72. The molecule has 0 aliphatic carbocycles. The minimum absolute atomic E-state index is 0.0935. The number of likely N-dealkylation sites (tertiary alicyclic amines) is 2. The van der Waals surface area contributed by atoms with Crippen LogP contribution in [0.2, 0.25) is 0 Å². The number of likely N-dealkylation sites (N-methyl/N-ethyl adjacent to an activating group) is 1. The average Bonchev–Trinajstić information content (AvgIpc) is 2.98. The maximum Gasteiger partial charge on any atom is 0.317 e. The Morgan fingerprint density at radius 1 is 1.04 bits per heavy atom. The molecule has 2 aliphatic heterocycles. The lowest BCUT2D eigenvalue weighted by atomic mass is 9.96. The van der Waals surface area contributed by atoms with Crippen LogP contribution >= 0.6 is 0 Å². The molecule has 1 aromatic rings. The quantitative estimate of drug-likeness (QED) is 0.812. The van der Waals surface area contributed by atoms with Crippen molar-refractivity contribution < 1.29 is 4.79 Å². The summed E-state index contributed by atoms with van der Waals surface area (Å²) in [5.41, 5.74) is 1.24. The number of nitrogens with zero attached hydrogens (tertiary/aromatic N) is 3. The summed E-state index contributed by atoms with van der Waals surface area (Å²) in [6, 6.07) is 10.7. The van der Waals surface area contributed by atoms with Crippen LogP contribution in [0.15, 0.2) is 30.3 Å². The van der Waals surface area contributed by atoms with Crippen molar-refractivity contribution in [1.29, 1.82) is 0 Å². The van der Waals surface area contributed by atoms with Gasteiger partial charge >= 0.3 is 6.03 Å². The molecule has 5 heteroatoms. The molecule has 5 nitrogen and oxygen atoms in total. The molecule has 2 fully saturated rings. The number of carbonyl (C=O) groups excluding carboxylic acids is 1. The number of benzene rings is 1. The fraction of sp³-hybridized carbons (Fsp3) is 0.696. The molecule has 0 bridgehead atoms. The second kappa shape index (κ2) is 10.8. The highest BCUT2D eigenvalue weighted by atomic mass is 16.2. The van der Waals surface area contributed by atoms with E-state index >= 15 is 0 Å².